The van der Waals surface area contributed by atoms with Gasteiger partial charge in [-0.3, -0.25) is 4.79 Å². The summed E-state index contributed by atoms with van der Waals surface area (Å²) in [5.41, 5.74) is 6.21. The normalized spacial score (nSPS) is 11.4. The van der Waals surface area contributed by atoms with Gasteiger partial charge in [-0.1, -0.05) is 18.2 Å². The molecule has 0 radical (unpaired) electrons. The van der Waals surface area contributed by atoms with Crippen LogP contribution < -0.4 is 11.1 Å². The zero-order valence-corrected chi connectivity index (χ0v) is 9.96. The number of hydrogen-bond donors (Lipinski definition) is 3. The molecule has 90 valence electrons. The van der Waals surface area contributed by atoms with Gasteiger partial charge >= 0.3 is 0 Å². The van der Waals surface area contributed by atoms with Crippen LogP contribution in [0.25, 0.3) is 0 Å². The van der Waals surface area contributed by atoms with E-state index in [1.807, 2.05) is 12.1 Å². The number of amides is 1. The van der Waals surface area contributed by atoms with Gasteiger partial charge in [0.2, 0.25) is 5.91 Å². The Bertz CT molecular complexity index is 343. The van der Waals surface area contributed by atoms with Crippen molar-refractivity contribution in [3.8, 4) is 5.75 Å². The number of rotatable bonds is 4. The second-order valence-electron chi connectivity index (χ2n) is 3.46. The highest BCUT2D eigenvalue weighted by Gasteiger charge is 2.06. The van der Waals surface area contributed by atoms with E-state index in [2.05, 4.69) is 5.32 Å². The summed E-state index contributed by atoms with van der Waals surface area (Å²) < 4.78 is 0. The van der Waals surface area contributed by atoms with E-state index in [4.69, 9.17) is 5.73 Å². The summed E-state index contributed by atoms with van der Waals surface area (Å²) >= 11 is 0. The smallest absolute Gasteiger partial charge is 0.236 e. The number of phenols is 1. The highest BCUT2D eigenvalue weighted by Crippen LogP contribution is 2.15. The maximum Gasteiger partial charge on any atom is 0.236 e. The lowest BCUT2D eigenvalue weighted by Gasteiger charge is -2.08. The molecule has 0 fully saturated rings. The van der Waals surface area contributed by atoms with Crippen molar-refractivity contribution in [1.82, 2.24) is 5.32 Å². The molecule has 0 aromatic heterocycles. The van der Waals surface area contributed by atoms with Crippen LogP contribution in [0.4, 0.5) is 0 Å². The Morgan fingerprint density at radius 2 is 2.12 bits per heavy atom. The van der Waals surface area contributed by atoms with Crippen LogP contribution in [-0.4, -0.2) is 23.6 Å². The molecule has 0 heterocycles. The van der Waals surface area contributed by atoms with E-state index in [1.54, 1.807) is 19.1 Å². The number of carbonyl (C=O) groups is 1. The van der Waals surface area contributed by atoms with Gasteiger partial charge in [0, 0.05) is 6.54 Å². The summed E-state index contributed by atoms with van der Waals surface area (Å²) in [4.78, 5) is 11.1. The number of para-hydroxylation sites is 1. The monoisotopic (exact) mass is 244 g/mol. The molecule has 1 rings (SSSR count). The molecule has 16 heavy (non-hydrogen) atoms. The van der Waals surface area contributed by atoms with Crippen LogP contribution in [0.5, 0.6) is 5.75 Å². The fourth-order valence-corrected chi connectivity index (χ4v) is 1.20. The van der Waals surface area contributed by atoms with Crippen molar-refractivity contribution < 1.29 is 9.90 Å². The molecule has 4 nitrogen and oxygen atoms in total. The maximum absolute atomic E-state index is 11.1. The second kappa shape index (κ2) is 7.09. The number of aromatic hydroxyl groups is 1. The first kappa shape index (κ1) is 14.7. The molecule has 0 aliphatic rings. The molecule has 0 bridgehead atoms. The third kappa shape index (κ3) is 4.51. The Hall–Kier alpha value is -1.26. The average Bonchev–Trinajstić information content (AvgIpc) is 2.20. The summed E-state index contributed by atoms with van der Waals surface area (Å²) in [5, 5.41) is 12.1. The van der Waals surface area contributed by atoms with Crippen molar-refractivity contribution in [3.05, 3.63) is 29.8 Å². The van der Waals surface area contributed by atoms with Crippen molar-refractivity contribution >= 4 is 18.3 Å². The first-order valence-electron chi connectivity index (χ1n) is 4.91. The van der Waals surface area contributed by atoms with Gasteiger partial charge in [0.25, 0.3) is 0 Å². The minimum atomic E-state index is -0.491. The Morgan fingerprint density at radius 3 is 2.69 bits per heavy atom. The number of phenolic OH excluding ortho intramolecular Hbond substituents is 1. The van der Waals surface area contributed by atoms with Crippen molar-refractivity contribution in [3.63, 3.8) is 0 Å². The molecule has 1 atom stereocenters. The van der Waals surface area contributed by atoms with Crippen LogP contribution in [0.3, 0.4) is 0 Å². The van der Waals surface area contributed by atoms with Crippen LogP contribution in [0.15, 0.2) is 24.3 Å². The van der Waals surface area contributed by atoms with Crippen molar-refractivity contribution in [2.75, 3.05) is 6.54 Å². The number of halogens is 1. The number of nitrogens with two attached hydrogens (primary N) is 1. The molecule has 4 N–H and O–H groups in total. The zero-order valence-electron chi connectivity index (χ0n) is 9.14. The number of hydrogen-bond acceptors (Lipinski definition) is 3. The van der Waals surface area contributed by atoms with E-state index in [1.165, 1.54) is 0 Å². The lowest BCUT2D eigenvalue weighted by molar-refractivity contribution is -0.121. The Balaban J connectivity index is 0.00000225. The highest BCUT2D eigenvalue weighted by atomic mass is 35.5. The van der Waals surface area contributed by atoms with E-state index >= 15 is 0 Å². The van der Waals surface area contributed by atoms with Gasteiger partial charge in [0.05, 0.1) is 6.04 Å². The molecule has 0 aliphatic heterocycles. The molecule has 5 heteroatoms. The summed E-state index contributed by atoms with van der Waals surface area (Å²) in [5.74, 6) is 0.0815. The molecule has 1 aromatic carbocycles. The van der Waals surface area contributed by atoms with E-state index in [0.29, 0.717) is 13.0 Å². The Kier molecular flexibility index (Phi) is 6.53. The predicted octanol–water partition coefficient (Wildman–Crippen LogP) is 0.820. The third-order valence-electron chi connectivity index (χ3n) is 2.10. The van der Waals surface area contributed by atoms with Crippen LogP contribution in [0.2, 0.25) is 0 Å². The lowest BCUT2D eigenvalue weighted by Crippen LogP contribution is -2.39. The van der Waals surface area contributed by atoms with E-state index < -0.39 is 6.04 Å². The topological polar surface area (TPSA) is 75.4 Å². The average molecular weight is 245 g/mol. The van der Waals surface area contributed by atoms with E-state index in [0.717, 1.165) is 5.56 Å². The van der Waals surface area contributed by atoms with E-state index in [9.17, 15) is 9.90 Å². The fraction of sp³-hybridized carbons (Fsp3) is 0.364. The van der Waals surface area contributed by atoms with Gasteiger partial charge in [-0.2, -0.15) is 0 Å². The summed E-state index contributed by atoms with van der Waals surface area (Å²) in [6.45, 7) is 2.12. The molecule has 0 aliphatic carbocycles. The van der Waals surface area contributed by atoms with Gasteiger partial charge in [0.1, 0.15) is 5.75 Å². The third-order valence-corrected chi connectivity index (χ3v) is 2.10. The Morgan fingerprint density at radius 1 is 1.50 bits per heavy atom. The first-order chi connectivity index (χ1) is 7.11. The molecular weight excluding hydrogens is 228 g/mol. The van der Waals surface area contributed by atoms with Gasteiger partial charge in [0.15, 0.2) is 0 Å². The number of carbonyl (C=O) groups excluding carboxylic acids is 1. The van der Waals surface area contributed by atoms with Crippen LogP contribution >= 0.6 is 12.4 Å². The van der Waals surface area contributed by atoms with Gasteiger partial charge < -0.3 is 16.2 Å². The number of nitrogens with one attached hydrogen (secondary N) is 1. The summed E-state index contributed by atoms with van der Waals surface area (Å²) in [6, 6.07) is 6.58. The quantitative estimate of drug-likeness (QED) is 0.734. The maximum atomic E-state index is 11.1. The zero-order chi connectivity index (χ0) is 11.3. The number of benzene rings is 1. The van der Waals surface area contributed by atoms with Crippen LogP contribution in [0.1, 0.15) is 12.5 Å². The fourth-order valence-electron chi connectivity index (χ4n) is 1.20. The molecule has 0 saturated carbocycles. The molecule has 1 amide bonds. The molecule has 0 unspecified atom stereocenters. The van der Waals surface area contributed by atoms with Crippen LogP contribution in [-0.2, 0) is 11.2 Å². The second-order valence-corrected chi connectivity index (χ2v) is 3.46. The standard InChI is InChI=1S/C11H16N2O2.ClH/c1-8(12)11(15)13-7-6-9-4-2-3-5-10(9)14;/h2-5,8,14H,6-7,12H2,1H3,(H,13,15);1H/t8-;/m1./s1. The van der Waals surface area contributed by atoms with E-state index in [-0.39, 0.29) is 24.1 Å². The van der Waals surface area contributed by atoms with Gasteiger partial charge in [-0.15, -0.1) is 12.4 Å². The van der Waals surface area contributed by atoms with Crippen LogP contribution in [0, 0.1) is 0 Å². The lowest BCUT2D eigenvalue weighted by atomic mass is 10.1. The van der Waals surface area contributed by atoms with Crippen molar-refractivity contribution in [2.45, 2.75) is 19.4 Å². The molecular formula is C11H17ClN2O2. The summed E-state index contributed by atoms with van der Waals surface area (Å²) in [7, 11) is 0. The first-order valence-corrected chi connectivity index (χ1v) is 4.91. The minimum Gasteiger partial charge on any atom is -0.508 e. The van der Waals surface area contributed by atoms with Gasteiger partial charge in [-0.25, -0.2) is 0 Å². The van der Waals surface area contributed by atoms with Gasteiger partial charge in [-0.05, 0) is 25.0 Å². The van der Waals surface area contributed by atoms with Crippen molar-refractivity contribution in [1.29, 1.82) is 0 Å². The molecule has 0 spiro atoms. The predicted molar refractivity (Wildman–Crippen MR) is 65.7 cm³/mol. The highest BCUT2D eigenvalue weighted by molar-refractivity contribution is 5.85. The SMILES string of the molecule is C[C@@H](N)C(=O)NCCc1ccccc1O.Cl. The molecule has 1 aromatic rings. The largest absolute Gasteiger partial charge is 0.508 e. The van der Waals surface area contributed by atoms with Crippen molar-refractivity contribution in [2.24, 2.45) is 5.73 Å². The summed E-state index contributed by atoms with van der Waals surface area (Å²) in [6.07, 6.45) is 0.602. The minimum absolute atomic E-state index is 0. The Labute approximate surface area is 101 Å². The molecule has 0 saturated heterocycles.